The number of para-hydroxylation sites is 1. The lowest BCUT2D eigenvalue weighted by Gasteiger charge is -2.08. The molecule has 0 heterocycles. The predicted octanol–water partition coefficient (Wildman–Crippen LogP) is 5.46. The van der Waals surface area contributed by atoms with E-state index in [9.17, 15) is 9.59 Å². The molecule has 0 aliphatic rings. The molecule has 4 nitrogen and oxygen atoms in total. The summed E-state index contributed by atoms with van der Waals surface area (Å²) in [5, 5.41) is 0.582. The average molecular weight is 393 g/mol. The highest BCUT2D eigenvalue weighted by Crippen LogP contribution is 2.21. The third-order valence-corrected chi connectivity index (χ3v) is 4.23. The van der Waals surface area contributed by atoms with Crippen molar-refractivity contribution in [1.29, 1.82) is 0 Å². The summed E-state index contributed by atoms with van der Waals surface area (Å²) in [6, 6.07) is 20.4. The number of carbonyl (C=O) groups is 2. The first kappa shape index (κ1) is 19.4. The van der Waals surface area contributed by atoms with E-state index < -0.39 is 5.97 Å². The van der Waals surface area contributed by atoms with E-state index in [0.717, 1.165) is 5.56 Å². The lowest BCUT2D eigenvalue weighted by molar-refractivity contribution is 0.0731. The number of hydrogen-bond acceptors (Lipinski definition) is 4. The van der Waals surface area contributed by atoms with Crippen molar-refractivity contribution >= 4 is 29.4 Å². The summed E-state index contributed by atoms with van der Waals surface area (Å²) in [5.74, 6) is 0.229. The van der Waals surface area contributed by atoms with E-state index in [1.165, 1.54) is 13.2 Å². The maximum atomic E-state index is 12.3. The van der Waals surface area contributed by atoms with Gasteiger partial charge in [-0.05, 0) is 60.2 Å². The number of ether oxygens (including phenoxy) is 2. The maximum absolute atomic E-state index is 12.3. The molecule has 0 spiro atoms. The van der Waals surface area contributed by atoms with Crippen LogP contribution in [-0.2, 0) is 0 Å². The largest absolute Gasteiger partial charge is 0.496 e. The molecule has 0 saturated carbocycles. The molecular formula is C23H17ClO4. The van der Waals surface area contributed by atoms with Crippen molar-refractivity contribution in [3.63, 3.8) is 0 Å². The fraction of sp³-hybridized carbons (Fsp3) is 0.0435. The summed E-state index contributed by atoms with van der Waals surface area (Å²) in [7, 11) is 1.50. The summed E-state index contributed by atoms with van der Waals surface area (Å²) in [5.41, 5.74) is 1.71. The second-order valence-electron chi connectivity index (χ2n) is 5.86. The highest BCUT2D eigenvalue weighted by atomic mass is 35.5. The van der Waals surface area contributed by atoms with Gasteiger partial charge in [-0.25, -0.2) is 4.79 Å². The molecule has 0 aliphatic carbocycles. The monoisotopic (exact) mass is 392 g/mol. The number of methoxy groups -OCH3 is 1. The van der Waals surface area contributed by atoms with Crippen molar-refractivity contribution in [3.05, 3.63) is 101 Å². The zero-order chi connectivity index (χ0) is 19.9. The van der Waals surface area contributed by atoms with Gasteiger partial charge in [-0.15, -0.1) is 0 Å². The minimum absolute atomic E-state index is 0.122. The van der Waals surface area contributed by atoms with Crippen molar-refractivity contribution in [2.24, 2.45) is 0 Å². The molecule has 0 radical (unpaired) electrons. The van der Waals surface area contributed by atoms with Crippen LogP contribution < -0.4 is 9.47 Å². The molecule has 28 heavy (non-hydrogen) atoms. The molecule has 0 aliphatic heterocycles. The van der Waals surface area contributed by atoms with Crippen LogP contribution in [0.4, 0.5) is 0 Å². The third-order valence-electron chi connectivity index (χ3n) is 3.97. The van der Waals surface area contributed by atoms with Crippen molar-refractivity contribution in [1.82, 2.24) is 0 Å². The maximum Gasteiger partial charge on any atom is 0.347 e. The van der Waals surface area contributed by atoms with Gasteiger partial charge >= 0.3 is 5.97 Å². The van der Waals surface area contributed by atoms with Gasteiger partial charge in [-0.3, -0.25) is 4.79 Å². The number of rotatable bonds is 6. The molecule has 0 bridgehead atoms. The Morgan fingerprint density at radius 2 is 1.57 bits per heavy atom. The number of ketones is 1. The zero-order valence-corrected chi connectivity index (χ0v) is 15.8. The number of esters is 1. The van der Waals surface area contributed by atoms with Crippen LogP contribution in [0, 0.1) is 0 Å². The Kier molecular flexibility index (Phi) is 6.25. The molecule has 0 atom stereocenters. The minimum atomic E-state index is -0.501. The van der Waals surface area contributed by atoms with Crippen molar-refractivity contribution in [3.8, 4) is 11.5 Å². The van der Waals surface area contributed by atoms with Crippen molar-refractivity contribution in [2.45, 2.75) is 0 Å². The standard InChI is InChI=1S/C23H17ClO4/c1-27-22-5-3-2-4-20(22)23(26)28-19-13-6-16(7-14-19)8-15-21(25)17-9-11-18(24)12-10-17/h2-15H,1H3/b15-8+. The van der Waals surface area contributed by atoms with Crippen LogP contribution in [0.5, 0.6) is 11.5 Å². The number of benzene rings is 3. The molecule has 140 valence electrons. The summed E-state index contributed by atoms with van der Waals surface area (Å²) < 4.78 is 10.6. The Morgan fingerprint density at radius 3 is 2.25 bits per heavy atom. The van der Waals surface area contributed by atoms with Crippen LogP contribution >= 0.6 is 11.6 Å². The smallest absolute Gasteiger partial charge is 0.347 e. The van der Waals surface area contributed by atoms with E-state index in [4.69, 9.17) is 21.1 Å². The average Bonchev–Trinajstić information content (AvgIpc) is 2.73. The highest BCUT2D eigenvalue weighted by molar-refractivity contribution is 6.30. The van der Waals surface area contributed by atoms with Gasteiger partial charge in [-0.2, -0.15) is 0 Å². The van der Waals surface area contributed by atoms with Gasteiger partial charge in [0.05, 0.1) is 7.11 Å². The van der Waals surface area contributed by atoms with E-state index in [0.29, 0.717) is 27.6 Å². The van der Waals surface area contributed by atoms with Crippen LogP contribution in [0.2, 0.25) is 5.02 Å². The fourth-order valence-electron chi connectivity index (χ4n) is 2.50. The summed E-state index contributed by atoms with van der Waals surface area (Å²) in [6.07, 6.45) is 3.18. The lowest BCUT2D eigenvalue weighted by atomic mass is 10.1. The Hall–Kier alpha value is -3.37. The van der Waals surface area contributed by atoms with Gasteiger partial charge in [0, 0.05) is 10.6 Å². The number of halogens is 1. The lowest BCUT2D eigenvalue weighted by Crippen LogP contribution is -2.09. The van der Waals surface area contributed by atoms with Crippen molar-refractivity contribution < 1.29 is 19.1 Å². The van der Waals surface area contributed by atoms with Gasteiger partial charge in [0.15, 0.2) is 5.78 Å². The Balaban J connectivity index is 1.65. The first-order valence-electron chi connectivity index (χ1n) is 8.50. The molecule has 0 unspecified atom stereocenters. The van der Waals surface area contributed by atoms with E-state index in [-0.39, 0.29) is 5.78 Å². The van der Waals surface area contributed by atoms with E-state index in [1.54, 1.807) is 78.9 Å². The second kappa shape index (κ2) is 9.02. The van der Waals surface area contributed by atoms with E-state index >= 15 is 0 Å². The Morgan fingerprint density at radius 1 is 0.893 bits per heavy atom. The fourth-order valence-corrected chi connectivity index (χ4v) is 2.63. The van der Waals surface area contributed by atoms with Gasteiger partial charge in [0.1, 0.15) is 17.1 Å². The molecule has 3 aromatic rings. The molecule has 3 rings (SSSR count). The topological polar surface area (TPSA) is 52.6 Å². The normalized spacial score (nSPS) is 10.6. The molecular weight excluding hydrogens is 376 g/mol. The molecule has 3 aromatic carbocycles. The van der Waals surface area contributed by atoms with Crippen LogP contribution in [0.15, 0.2) is 78.9 Å². The van der Waals surface area contributed by atoms with Crippen LogP contribution in [0.3, 0.4) is 0 Å². The first-order valence-corrected chi connectivity index (χ1v) is 8.88. The molecule has 0 amide bonds. The first-order chi connectivity index (χ1) is 13.6. The van der Waals surface area contributed by atoms with Gasteiger partial charge < -0.3 is 9.47 Å². The molecule has 5 heteroatoms. The summed E-state index contributed by atoms with van der Waals surface area (Å²) >= 11 is 5.82. The van der Waals surface area contributed by atoms with Gasteiger partial charge in [-0.1, -0.05) is 41.9 Å². The molecule has 0 N–H and O–H groups in total. The quantitative estimate of drug-likeness (QED) is 0.242. The van der Waals surface area contributed by atoms with Gasteiger partial charge in [0.2, 0.25) is 0 Å². The van der Waals surface area contributed by atoms with E-state index in [1.807, 2.05) is 0 Å². The summed E-state index contributed by atoms with van der Waals surface area (Å²) in [4.78, 5) is 24.5. The van der Waals surface area contributed by atoms with Crippen LogP contribution in [0.1, 0.15) is 26.3 Å². The highest BCUT2D eigenvalue weighted by Gasteiger charge is 2.13. The van der Waals surface area contributed by atoms with Gasteiger partial charge in [0.25, 0.3) is 0 Å². The number of allylic oxidation sites excluding steroid dienone is 1. The number of hydrogen-bond donors (Lipinski definition) is 0. The predicted molar refractivity (Wildman–Crippen MR) is 109 cm³/mol. The molecule has 0 aromatic heterocycles. The van der Waals surface area contributed by atoms with Crippen LogP contribution in [0.25, 0.3) is 6.08 Å². The third kappa shape index (κ3) is 4.87. The van der Waals surface area contributed by atoms with Crippen molar-refractivity contribution in [2.75, 3.05) is 7.11 Å². The van der Waals surface area contributed by atoms with Crippen LogP contribution in [-0.4, -0.2) is 18.9 Å². The SMILES string of the molecule is COc1ccccc1C(=O)Oc1ccc(/C=C/C(=O)c2ccc(Cl)cc2)cc1. The number of carbonyl (C=O) groups excluding carboxylic acids is 2. The molecule has 0 saturated heterocycles. The zero-order valence-electron chi connectivity index (χ0n) is 15.1. The molecule has 0 fully saturated rings. The summed E-state index contributed by atoms with van der Waals surface area (Å²) in [6.45, 7) is 0. The minimum Gasteiger partial charge on any atom is -0.496 e. The van der Waals surface area contributed by atoms with E-state index in [2.05, 4.69) is 0 Å². The Bertz CT molecular complexity index is 1010. The Labute approximate surface area is 168 Å². The second-order valence-corrected chi connectivity index (χ2v) is 6.30.